The van der Waals surface area contributed by atoms with Crippen LogP contribution >= 0.6 is 12.2 Å². The summed E-state index contributed by atoms with van der Waals surface area (Å²) in [5.74, 6) is -0.617. The van der Waals surface area contributed by atoms with Crippen LogP contribution in [0.15, 0.2) is 12.1 Å². The van der Waals surface area contributed by atoms with E-state index in [1.165, 1.54) is 12.1 Å². The van der Waals surface area contributed by atoms with Crippen molar-refractivity contribution < 1.29 is 8.78 Å². The first-order chi connectivity index (χ1) is 9.22. The maximum absolute atomic E-state index is 14.2. The van der Waals surface area contributed by atoms with Gasteiger partial charge in [0, 0.05) is 18.7 Å². The smallest absolute Gasteiger partial charge is 0.150 e. The third-order valence-electron chi connectivity index (χ3n) is 2.79. The molecular formula is C15H22F2N2S. The Balaban J connectivity index is 3.22. The van der Waals surface area contributed by atoms with E-state index in [2.05, 4.69) is 0 Å². The van der Waals surface area contributed by atoms with Gasteiger partial charge >= 0.3 is 0 Å². The molecule has 0 heterocycles. The van der Waals surface area contributed by atoms with Gasteiger partial charge in [-0.05, 0) is 24.0 Å². The average Bonchev–Trinajstić information content (AvgIpc) is 2.25. The molecule has 0 amide bonds. The molecule has 0 fully saturated rings. The van der Waals surface area contributed by atoms with Gasteiger partial charge in [0.1, 0.15) is 22.3 Å². The fourth-order valence-electron chi connectivity index (χ4n) is 2.15. The van der Waals surface area contributed by atoms with E-state index in [4.69, 9.17) is 18.0 Å². The zero-order chi connectivity index (χ0) is 15.4. The molecule has 2 N–H and O–H groups in total. The molecule has 0 saturated carbocycles. The molecule has 0 radical (unpaired) electrons. The van der Waals surface area contributed by atoms with Crippen LogP contribution in [0.2, 0.25) is 0 Å². The van der Waals surface area contributed by atoms with Crippen molar-refractivity contribution in [3.05, 3.63) is 29.3 Å². The molecule has 0 aliphatic rings. The number of hydrogen-bond acceptors (Lipinski definition) is 2. The molecule has 2 nitrogen and oxygen atoms in total. The van der Waals surface area contributed by atoms with E-state index in [-0.39, 0.29) is 16.2 Å². The minimum atomic E-state index is -0.617. The normalized spacial score (nSPS) is 11.2. The van der Waals surface area contributed by atoms with Gasteiger partial charge in [0.25, 0.3) is 0 Å². The molecule has 0 aromatic heterocycles. The lowest BCUT2D eigenvalue weighted by atomic mass is 10.1. The number of thiocarbonyl (C=S) groups is 1. The molecule has 20 heavy (non-hydrogen) atoms. The van der Waals surface area contributed by atoms with Crippen molar-refractivity contribution in [2.75, 3.05) is 18.0 Å². The second kappa shape index (κ2) is 6.97. The maximum atomic E-state index is 14.2. The number of rotatable bonds is 6. The molecule has 112 valence electrons. The number of nitrogens with two attached hydrogens (primary N) is 1. The van der Waals surface area contributed by atoms with Crippen LogP contribution in [-0.4, -0.2) is 18.1 Å². The lowest BCUT2D eigenvalue weighted by molar-refractivity contribution is 0.517. The fraction of sp³-hybridized carbons (Fsp3) is 0.533. The summed E-state index contributed by atoms with van der Waals surface area (Å²) >= 11 is 4.76. The second-order valence-corrected chi connectivity index (χ2v) is 6.29. The Labute approximate surface area is 125 Å². The van der Waals surface area contributed by atoms with Crippen LogP contribution in [0, 0.1) is 23.5 Å². The predicted molar refractivity (Wildman–Crippen MR) is 84.1 cm³/mol. The van der Waals surface area contributed by atoms with Gasteiger partial charge in [-0.2, -0.15) is 0 Å². The third-order valence-corrected chi connectivity index (χ3v) is 3.02. The minimum Gasteiger partial charge on any atom is -0.389 e. The number of benzene rings is 1. The summed E-state index contributed by atoms with van der Waals surface area (Å²) in [5.41, 5.74) is 5.65. The monoisotopic (exact) mass is 300 g/mol. The SMILES string of the molecule is CC(C)CN(CC(C)C)c1c(F)cc(C(N)=S)cc1F. The first-order valence-electron chi connectivity index (χ1n) is 6.76. The summed E-state index contributed by atoms with van der Waals surface area (Å²) < 4.78 is 28.5. The van der Waals surface area contributed by atoms with Gasteiger partial charge in [0.15, 0.2) is 0 Å². The van der Waals surface area contributed by atoms with Gasteiger partial charge in [0.05, 0.1) is 0 Å². The molecule has 0 aliphatic carbocycles. The van der Waals surface area contributed by atoms with Crippen molar-refractivity contribution in [1.29, 1.82) is 0 Å². The summed E-state index contributed by atoms with van der Waals surface area (Å²) in [6.45, 7) is 9.27. The Bertz CT molecular complexity index is 454. The van der Waals surface area contributed by atoms with E-state index >= 15 is 0 Å². The van der Waals surface area contributed by atoms with Crippen LogP contribution in [0.5, 0.6) is 0 Å². The van der Waals surface area contributed by atoms with Crippen molar-refractivity contribution in [3.8, 4) is 0 Å². The van der Waals surface area contributed by atoms with Crippen LogP contribution in [0.3, 0.4) is 0 Å². The van der Waals surface area contributed by atoms with Crippen molar-refractivity contribution in [2.24, 2.45) is 17.6 Å². The summed E-state index contributed by atoms with van der Waals surface area (Å²) in [7, 11) is 0. The first kappa shape index (κ1) is 16.8. The zero-order valence-corrected chi connectivity index (χ0v) is 13.2. The summed E-state index contributed by atoms with van der Waals surface area (Å²) in [6, 6.07) is 2.41. The number of anilines is 1. The van der Waals surface area contributed by atoms with E-state index < -0.39 is 11.6 Å². The standard InChI is InChI=1S/C15H22F2N2S/c1-9(2)7-19(8-10(3)4)14-12(16)5-11(15(18)20)6-13(14)17/h5-6,9-10H,7-8H2,1-4H3,(H2,18,20). The Morgan fingerprint density at radius 2 is 1.50 bits per heavy atom. The van der Waals surface area contributed by atoms with Crippen molar-refractivity contribution in [1.82, 2.24) is 0 Å². The van der Waals surface area contributed by atoms with Gasteiger partial charge < -0.3 is 10.6 Å². The predicted octanol–water partition coefficient (Wildman–Crippen LogP) is 3.72. The Kier molecular flexibility index (Phi) is 5.87. The highest BCUT2D eigenvalue weighted by Gasteiger charge is 2.20. The third kappa shape index (κ3) is 4.40. The van der Waals surface area contributed by atoms with Crippen LogP contribution in [-0.2, 0) is 0 Å². The fourth-order valence-corrected chi connectivity index (χ4v) is 2.27. The molecule has 0 bridgehead atoms. The summed E-state index contributed by atoms with van der Waals surface area (Å²) in [6.07, 6.45) is 0. The van der Waals surface area contributed by atoms with Crippen molar-refractivity contribution in [3.63, 3.8) is 0 Å². The second-order valence-electron chi connectivity index (χ2n) is 5.85. The Morgan fingerprint density at radius 3 is 1.80 bits per heavy atom. The Morgan fingerprint density at radius 1 is 1.10 bits per heavy atom. The number of hydrogen-bond donors (Lipinski definition) is 1. The highest BCUT2D eigenvalue weighted by molar-refractivity contribution is 7.80. The Hall–Kier alpha value is -1.23. The number of halogens is 2. The van der Waals surface area contributed by atoms with E-state index in [9.17, 15) is 8.78 Å². The van der Waals surface area contributed by atoms with Gasteiger partial charge in [-0.25, -0.2) is 8.78 Å². The molecule has 0 unspecified atom stereocenters. The molecule has 0 aliphatic heterocycles. The largest absolute Gasteiger partial charge is 0.389 e. The lowest BCUT2D eigenvalue weighted by Gasteiger charge is -2.29. The van der Waals surface area contributed by atoms with E-state index in [1.807, 2.05) is 27.7 Å². The minimum absolute atomic E-state index is 0.00591. The molecule has 1 aromatic rings. The van der Waals surface area contributed by atoms with Crippen molar-refractivity contribution in [2.45, 2.75) is 27.7 Å². The molecule has 1 rings (SSSR count). The van der Waals surface area contributed by atoms with Gasteiger partial charge in [-0.15, -0.1) is 0 Å². The molecule has 5 heteroatoms. The van der Waals surface area contributed by atoms with Crippen LogP contribution < -0.4 is 10.6 Å². The summed E-state index contributed by atoms with van der Waals surface area (Å²) in [4.78, 5) is 1.75. The van der Waals surface area contributed by atoms with Gasteiger partial charge in [-0.1, -0.05) is 39.9 Å². The first-order valence-corrected chi connectivity index (χ1v) is 7.17. The molecule has 1 aromatic carbocycles. The maximum Gasteiger partial charge on any atom is 0.150 e. The van der Waals surface area contributed by atoms with Crippen LogP contribution in [0.25, 0.3) is 0 Å². The highest BCUT2D eigenvalue weighted by atomic mass is 32.1. The lowest BCUT2D eigenvalue weighted by Crippen LogP contribution is -2.33. The molecule has 0 atom stereocenters. The van der Waals surface area contributed by atoms with Crippen molar-refractivity contribution >= 4 is 22.9 Å². The quantitative estimate of drug-likeness (QED) is 0.812. The zero-order valence-electron chi connectivity index (χ0n) is 12.4. The number of nitrogens with zero attached hydrogens (tertiary/aromatic N) is 1. The topological polar surface area (TPSA) is 29.3 Å². The molecule has 0 spiro atoms. The van der Waals surface area contributed by atoms with Gasteiger partial charge in [0.2, 0.25) is 0 Å². The van der Waals surface area contributed by atoms with Gasteiger partial charge in [-0.3, -0.25) is 0 Å². The average molecular weight is 300 g/mol. The van der Waals surface area contributed by atoms with E-state index in [0.717, 1.165) is 0 Å². The van der Waals surface area contributed by atoms with E-state index in [0.29, 0.717) is 24.9 Å². The highest BCUT2D eigenvalue weighted by Crippen LogP contribution is 2.26. The molecular weight excluding hydrogens is 278 g/mol. The summed E-state index contributed by atoms with van der Waals surface area (Å²) in [5, 5.41) is 0. The van der Waals surface area contributed by atoms with Crippen LogP contribution in [0.1, 0.15) is 33.3 Å². The molecule has 0 saturated heterocycles. The van der Waals surface area contributed by atoms with Crippen LogP contribution in [0.4, 0.5) is 14.5 Å². The van der Waals surface area contributed by atoms with E-state index in [1.54, 1.807) is 4.90 Å².